The van der Waals surface area contributed by atoms with E-state index in [1.165, 1.54) is 0 Å². The second-order valence-electron chi connectivity index (χ2n) is 6.11. The summed E-state index contributed by atoms with van der Waals surface area (Å²) in [7, 11) is 0. The molecule has 0 radical (unpaired) electrons. The van der Waals surface area contributed by atoms with Crippen molar-refractivity contribution in [2.24, 2.45) is 0 Å². The van der Waals surface area contributed by atoms with Gasteiger partial charge in [0.1, 0.15) is 0 Å². The van der Waals surface area contributed by atoms with Gasteiger partial charge in [0.2, 0.25) is 0 Å². The van der Waals surface area contributed by atoms with Crippen LogP contribution in [0.25, 0.3) is 33.3 Å². The van der Waals surface area contributed by atoms with E-state index in [4.69, 9.17) is 39.8 Å². The number of aromatic nitrogens is 1. The molecule has 0 atom stereocenters. The summed E-state index contributed by atoms with van der Waals surface area (Å²) in [6.45, 7) is 2.07. The number of rotatable bonds is 2. The molecule has 27 heavy (non-hydrogen) atoms. The van der Waals surface area contributed by atoms with Crippen molar-refractivity contribution in [3.8, 4) is 22.4 Å². The number of fused-ring (bicyclic) bond motifs is 1. The summed E-state index contributed by atoms with van der Waals surface area (Å²) in [4.78, 5) is 4.88. The molecule has 0 spiro atoms. The smallest absolute Gasteiger partial charge is 0.0760 e. The molecular formula is C22H14Cl4N-. The molecule has 0 fully saturated rings. The molecular weight excluding hydrogens is 420 g/mol. The first kappa shape index (κ1) is 20.0. The normalized spacial score (nSPS) is 10.7. The van der Waals surface area contributed by atoms with Crippen LogP contribution in [0.15, 0.2) is 66.7 Å². The van der Waals surface area contributed by atoms with E-state index in [0.29, 0.717) is 15.1 Å². The second-order valence-corrected chi connectivity index (χ2v) is 7.39. The molecule has 0 N–H and O–H groups in total. The van der Waals surface area contributed by atoms with Crippen molar-refractivity contribution in [3.63, 3.8) is 0 Å². The molecule has 0 amide bonds. The van der Waals surface area contributed by atoms with Crippen molar-refractivity contribution in [1.29, 1.82) is 0 Å². The molecule has 0 aliphatic rings. The number of benzene rings is 3. The molecule has 1 aromatic heterocycles. The molecule has 4 aromatic rings. The highest BCUT2D eigenvalue weighted by Gasteiger charge is 2.17. The summed E-state index contributed by atoms with van der Waals surface area (Å²) in [5, 5.41) is 2.90. The molecule has 0 aliphatic carbocycles. The number of hydrogen-bond donors (Lipinski definition) is 0. The van der Waals surface area contributed by atoms with Crippen LogP contribution in [-0.2, 0) is 0 Å². The fourth-order valence-electron chi connectivity index (χ4n) is 3.25. The van der Waals surface area contributed by atoms with Gasteiger partial charge in [-0.15, -0.1) is 0 Å². The highest BCUT2D eigenvalue weighted by Crippen LogP contribution is 2.39. The fraction of sp³-hybridized carbons (Fsp3) is 0.0455. The third kappa shape index (κ3) is 3.79. The summed E-state index contributed by atoms with van der Waals surface area (Å²) in [5.41, 5.74) is 5.86. The van der Waals surface area contributed by atoms with Gasteiger partial charge < -0.3 is 12.4 Å². The Morgan fingerprint density at radius 1 is 0.778 bits per heavy atom. The number of halogens is 4. The monoisotopic (exact) mass is 432 g/mol. The lowest BCUT2D eigenvalue weighted by Crippen LogP contribution is -3.00. The summed E-state index contributed by atoms with van der Waals surface area (Å²) in [6.07, 6.45) is 0. The largest absolute Gasteiger partial charge is 1.00 e. The molecule has 136 valence electrons. The van der Waals surface area contributed by atoms with E-state index in [1.807, 2.05) is 48.5 Å². The van der Waals surface area contributed by atoms with Crippen LogP contribution in [-0.4, -0.2) is 4.98 Å². The summed E-state index contributed by atoms with van der Waals surface area (Å²) in [6, 6.07) is 21.5. The number of pyridine rings is 1. The van der Waals surface area contributed by atoms with Gasteiger partial charge in [0.15, 0.2) is 0 Å². The zero-order chi connectivity index (χ0) is 18.3. The first-order valence-electron chi connectivity index (χ1n) is 8.15. The van der Waals surface area contributed by atoms with Crippen molar-refractivity contribution in [2.45, 2.75) is 6.92 Å². The van der Waals surface area contributed by atoms with Gasteiger partial charge in [0.25, 0.3) is 0 Å². The summed E-state index contributed by atoms with van der Waals surface area (Å²) in [5.74, 6) is 0. The van der Waals surface area contributed by atoms with Crippen molar-refractivity contribution < 1.29 is 12.4 Å². The zero-order valence-electron chi connectivity index (χ0n) is 14.3. The molecule has 0 saturated carbocycles. The Bertz CT molecular complexity index is 1120. The summed E-state index contributed by atoms with van der Waals surface area (Å²) < 4.78 is 0. The molecule has 5 heteroatoms. The first-order valence-corrected chi connectivity index (χ1v) is 9.28. The van der Waals surface area contributed by atoms with E-state index in [2.05, 4.69) is 19.1 Å². The van der Waals surface area contributed by atoms with Crippen LogP contribution < -0.4 is 12.4 Å². The Hall–Kier alpha value is -1.77. The average molecular weight is 434 g/mol. The second kappa shape index (κ2) is 8.08. The lowest BCUT2D eigenvalue weighted by molar-refractivity contribution is -0.00000484. The molecule has 0 bridgehead atoms. The van der Waals surface area contributed by atoms with Crippen molar-refractivity contribution >= 4 is 45.7 Å². The van der Waals surface area contributed by atoms with Gasteiger partial charge in [0.05, 0.1) is 16.2 Å². The lowest BCUT2D eigenvalue weighted by Gasteiger charge is -2.16. The minimum atomic E-state index is 0. The lowest BCUT2D eigenvalue weighted by atomic mass is 9.93. The molecule has 1 heterocycles. The Labute approximate surface area is 179 Å². The third-order valence-corrected chi connectivity index (χ3v) is 5.22. The van der Waals surface area contributed by atoms with Crippen molar-refractivity contribution in [3.05, 3.63) is 87.4 Å². The average Bonchev–Trinajstić information content (AvgIpc) is 2.62. The summed E-state index contributed by atoms with van der Waals surface area (Å²) >= 11 is 18.8. The molecule has 4 rings (SSSR count). The van der Waals surface area contributed by atoms with Gasteiger partial charge in [-0.3, -0.25) is 0 Å². The van der Waals surface area contributed by atoms with Crippen LogP contribution in [0.1, 0.15) is 5.56 Å². The Morgan fingerprint density at radius 2 is 1.44 bits per heavy atom. The Morgan fingerprint density at radius 3 is 2.15 bits per heavy atom. The number of hydrogen-bond acceptors (Lipinski definition) is 1. The third-order valence-electron chi connectivity index (χ3n) is 4.44. The maximum atomic E-state index is 6.47. The minimum Gasteiger partial charge on any atom is -1.00 e. The van der Waals surface area contributed by atoms with Crippen LogP contribution in [0.2, 0.25) is 15.1 Å². The van der Waals surface area contributed by atoms with Crippen LogP contribution >= 0.6 is 34.8 Å². The minimum absolute atomic E-state index is 0. The van der Waals surface area contributed by atoms with Gasteiger partial charge in [-0.25, -0.2) is 4.98 Å². The topological polar surface area (TPSA) is 12.9 Å². The molecule has 3 aromatic carbocycles. The maximum Gasteiger partial charge on any atom is 0.0760 e. The first-order chi connectivity index (χ1) is 12.5. The van der Waals surface area contributed by atoms with Crippen LogP contribution in [0.4, 0.5) is 0 Å². The van der Waals surface area contributed by atoms with Gasteiger partial charge >= 0.3 is 0 Å². The van der Waals surface area contributed by atoms with E-state index in [1.54, 1.807) is 6.07 Å². The predicted octanol–water partition coefficient (Wildman–Crippen LogP) is 4.84. The van der Waals surface area contributed by atoms with Crippen molar-refractivity contribution in [2.75, 3.05) is 0 Å². The van der Waals surface area contributed by atoms with E-state index >= 15 is 0 Å². The highest BCUT2D eigenvalue weighted by molar-refractivity contribution is 6.36. The quantitative estimate of drug-likeness (QED) is 0.440. The Kier molecular flexibility index (Phi) is 5.98. The SMILES string of the molecule is Cc1c(-c2ccc(Cl)cc2Cl)nc2ccc(Cl)cc2c1-c1ccccc1.[Cl-]. The highest BCUT2D eigenvalue weighted by atomic mass is 35.5. The fourth-order valence-corrected chi connectivity index (χ4v) is 3.92. The van der Waals surface area contributed by atoms with Gasteiger partial charge in [-0.2, -0.15) is 0 Å². The van der Waals surface area contributed by atoms with E-state index in [-0.39, 0.29) is 12.4 Å². The maximum absolute atomic E-state index is 6.47. The van der Waals surface area contributed by atoms with E-state index < -0.39 is 0 Å². The Balaban J connectivity index is 0.00000210. The van der Waals surface area contributed by atoms with E-state index in [0.717, 1.165) is 38.9 Å². The van der Waals surface area contributed by atoms with Gasteiger partial charge in [0, 0.05) is 21.0 Å². The predicted molar refractivity (Wildman–Crippen MR) is 112 cm³/mol. The van der Waals surface area contributed by atoms with Crippen LogP contribution in [0, 0.1) is 6.92 Å². The van der Waals surface area contributed by atoms with Crippen LogP contribution in [0.3, 0.4) is 0 Å². The standard InChI is InChI=1S/C22H14Cl3N.ClH/c1-13-21(14-5-3-2-4-6-14)18-11-15(23)8-10-20(18)26-22(13)17-9-7-16(24)12-19(17)25;/h2-12H,1H3;1H/p-1. The van der Waals surface area contributed by atoms with Gasteiger partial charge in [-0.1, -0.05) is 65.1 Å². The number of nitrogens with zero attached hydrogens (tertiary/aromatic N) is 1. The molecule has 0 aliphatic heterocycles. The molecule has 1 nitrogen and oxygen atoms in total. The van der Waals surface area contributed by atoms with Crippen LogP contribution in [0.5, 0.6) is 0 Å². The zero-order valence-corrected chi connectivity index (χ0v) is 17.3. The van der Waals surface area contributed by atoms with Crippen molar-refractivity contribution in [1.82, 2.24) is 4.98 Å². The van der Waals surface area contributed by atoms with E-state index in [9.17, 15) is 0 Å². The molecule has 0 saturated heterocycles. The molecule has 0 unspecified atom stereocenters. The van der Waals surface area contributed by atoms with Gasteiger partial charge in [-0.05, 0) is 60.0 Å².